The van der Waals surface area contributed by atoms with Gasteiger partial charge in [0.1, 0.15) is 5.76 Å². The van der Waals surface area contributed by atoms with Gasteiger partial charge < -0.3 is 9.84 Å². The minimum Gasteiger partial charge on any atom is -0.501 e. The standard InChI is InChI=1S/C15H16O4S/c1-9-5-4-6-10(2)13(9)20-14(17)15(18)8-11(19-3)7-12(15)16/h4-7,18H,8H2,1-3H3/t15-/m0/s1. The highest BCUT2D eigenvalue weighted by atomic mass is 32.2. The van der Waals surface area contributed by atoms with E-state index in [1.807, 2.05) is 32.0 Å². The van der Waals surface area contributed by atoms with Gasteiger partial charge in [-0.1, -0.05) is 18.2 Å². The number of carbonyl (C=O) groups is 2. The van der Waals surface area contributed by atoms with Gasteiger partial charge in [-0.2, -0.15) is 0 Å². The Morgan fingerprint density at radius 1 is 1.35 bits per heavy atom. The second-order valence-electron chi connectivity index (χ2n) is 4.83. The summed E-state index contributed by atoms with van der Waals surface area (Å²) in [6.45, 7) is 3.78. The SMILES string of the molecule is COC1=CC(=O)[C@](O)(C(=O)Sc2c(C)cccc2C)C1. The lowest BCUT2D eigenvalue weighted by Gasteiger charge is -2.19. The van der Waals surface area contributed by atoms with Crippen LogP contribution in [0.2, 0.25) is 0 Å². The molecule has 1 aromatic carbocycles. The van der Waals surface area contributed by atoms with Crippen LogP contribution in [0.4, 0.5) is 0 Å². The summed E-state index contributed by atoms with van der Waals surface area (Å²) in [5, 5.41) is 9.75. The first kappa shape index (κ1) is 14.8. The van der Waals surface area contributed by atoms with Crippen LogP contribution < -0.4 is 0 Å². The fourth-order valence-corrected chi connectivity index (χ4v) is 3.08. The Morgan fingerprint density at radius 3 is 2.45 bits per heavy atom. The van der Waals surface area contributed by atoms with Crippen LogP contribution >= 0.6 is 11.8 Å². The topological polar surface area (TPSA) is 63.6 Å². The van der Waals surface area contributed by atoms with Crippen molar-refractivity contribution in [2.24, 2.45) is 0 Å². The highest BCUT2D eigenvalue weighted by Crippen LogP contribution is 2.36. The lowest BCUT2D eigenvalue weighted by atomic mass is 10.0. The molecule has 1 atom stereocenters. The molecule has 0 radical (unpaired) electrons. The smallest absolute Gasteiger partial charge is 0.233 e. The third-order valence-corrected chi connectivity index (χ3v) is 4.70. The first-order valence-electron chi connectivity index (χ1n) is 6.18. The van der Waals surface area contributed by atoms with Crippen LogP contribution in [0.15, 0.2) is 34.9 Å². The van der Waals surface area contributed by atoms with Crippen molar-refractivity contribution in [1.82, 2.24) is 0 Å². The summed E-state index contributed by atoms with van der Waals surface area (Å²) in [4.78, 5) is 24.9. The Balaban J connectivity index is 2.24. The minimum absolute atomic E-state index is 0.0981. The van der Waals surface area contributed by atoms with Gasteiger partial charge in [-0.05, 0) is 36.7 Å². The molecular formula is C15H16O4S. The van der Waals surface area contributed by atoms with E-state index < -0.39 is 16.5 Å². The molecule has 0 bridgehead atoms. The van der Waals surface area contributed by atoms with Crippen LogP contribution in [0.5, 0.6) is 0 Å². The Kier molecular flexibility index (Phi) is 4.01. The van der Waals surface area contributed by atoms with Gasteiger partial charge in [0.05, 0.1) is 7.11 Å². The Morgan fingerprint density at radius 2 is 1.95 bits per heavy atom. The summed E-state index contributed by atoms with van der Waals surface area (Å²) in [7, 11) is 1.41. The predicted octanol–water partition coefficient (Wildman–Crippen LogP) is 2.16. The second-order valence-corrected chi connectivity index (χ2v) is 5.81. The number of thioether (sulfide) groups is 1. The summed E-state index contributed by atoms with van der Waals surface area (Å²) in [5.41, 5.74) is -0.125. The van der Waals surface area contributed by atoms with Crippen LogP contribution in [0.25, 0.3) is 0 Å². The summed E-state index contributed by atoms with van der Waals surface area (Å²) in [6, 6.07) is 5.68. The third-order valence-electron chi connectivity index (χ3n) is 3.33. The predicted molar refractivity (Wildman–Crippen MR) is 76.4 cm³/mol. The quantitative estimate of drug-likeness (QED) is 0.683. The molecule has 0 aliphatic heterocycles. The first-order valence-corrected chi connectivity index (χ1v) is 7.00. The number of aryl methyl sites for hydroxylation is 2. The maximum absolute atomic E-state index is 12.3. The van der Waals surface area contributed by atoms with Crippen LogP contribution in [0.1, 0.15) is 17.5 Å². The highest BCUT2D eigenvalue weighted by Gasteiger charge is 2.48. The Labute approximate surface area is 121 Å². The van der Waals surface area contributed by atoms with Crippen molar-refractivity contribution < 1.29 is 19.4 Å². The van der Waals surface area contributed by atoms with Crippen LogP contribution in [-0.2, 0) is 14.3 Å². The molecule has 2 rings (SSSR count). The third kappa shape index (κ3) is 2.51. The number of ketones is 1. The molecule has 106 valence electrons. The lowest BCUT2D eigenvalue weighted by Crippen LogP contribution is -2.41. The molecule has 1 N–H and O–H groups in total. The van der Waals surface area contributed by atoms with E-state index in [4.69, 9.17) is 4.74 Å². The maximum atomic E-state index is 12.3. The highest BCUT2D eigenvalue weighted by molar-refractivity contribution is 8.14. The van der Waals surface area contributed by atoms with E-state index in [2.05, 4.69) is 0 Å². The van der Waals surface area contributed by atoms with Crippen molar-refractivity contribution in [3.8, 4) is 0 Å². The van der Waals surface area contributed by atoms with Crippen LogP contribution in [0, 0.1) is 13.8 Å². The number of methoxy groups -OCH3 is 1. The van der Waals surface area contributed by atoms with Gasteiger partial charge in [-0.25, -0.2) is 0 Å². The summed E-state index contributed by atoms with van der Waals surface area (Å²) in [5.74, 6) is -0.286. The zero-order chi connectivity index (χ0) is 14.9. The van der Waals surface area contributed by atoms with Crippen molar-refractivity contribution in [1.29, 1.82) is 0 Å². The number of hydrogen-bond donors (Lipinski definition) is 1. The molecule has 0 heterocycles. The molecule has 0 saturated carbocycles. The van der Waals surface area contributed by atoms with Crippen molar-refractivity contribution in [2.75, 3.05) is 7.11 Å². The number of ether oxygens (including phenoxy) is 1. The van der Waals surface area contributed by atoms with Crippen molar-refractivity contribution in [3.63, 3.8) is 0 Å². The molecule has 1 aliphatic rings. The maximum Gasteiger partial charge on any atom is 0.233 e. The van der Waals surface area contributed by atoms with E-state index in [0.717, 1.165) is 27.8 Å². The Bertz CT molecular complexity index is 586. The van der Waals surface area contributed by atoms with Gasteiger partial charge in [0, 0.05) is 17.4 Å². The molecule has 0 unspecified atom stereocenters. The van der Waals surface area contributed by atoms with E-state index in [9.17, 15) is 14.7 Å². The summed E-state index contributed by atoms with van der Waals surface area (Å²) >= 11 is 0.911. The summed E-state index contributed by atoms with van der Waals surface area (Å²) in [6.07, 6.45) is 1.09. The molecule has 0 aromatic heterocycles. The van der Waals surface area contributed by atoms with Gasteiger partial charge in [0.2, 0.25) is 10.7 Å². The molecule has 1 aliphatic carbocycles. The van der Waals surface area contributed by atoms with Gasteiger partial charge in [0.25, 0.3) is 0 Å². The summed E-state index contributed by atoms with van der Waals surface area (Å²) < 4.78 is 4.94. The van der Waals surface area contributed by atoms with E-state index in [-0.39, 0.29) is 6.42 Å². The fourth-order valence-electron chi connectivity index (χ4n) is 2.10. The lowest BCUT2D eigenvalue weighted by molar-refractivity contribution is -0.141. The molecule has 0 saturated heterocycles. The molecule has 4 nitrogen and oxygen atoms in total. The minimum atomic E-state index is -2.01. The average molecular weight is 292 g/mol. The van der Waals surface area contributed by atoms with E-state index in [1.165, 1.54) is 13.2 Å². The van der Waals surface area contributed by atoms with Crippen LogP contribution in [-0.4, -0.2) is 28.7 Å². The monoisotopic (exact) mass is 292 g/mol. The largest absolute Gasteiger partial charge is 0.501 e. The van der Waals surface area contributed by atoms with Crippen molar-refractivity contribution in [2.45, 2.75) is 30.8 Å². The molecule has 0 amide bonds. The molecular weight excluding hydrogens is 276 g/mol. The van der Waals surface area contributed by atoms with Gasteiger partial charge in [0.15, 0.2) is 5.78 Å². The molecule has 0 spiro atoms. The van der Waals surface area contributed by atoms with Crippen molar-refractivity contribution >= 4 is 22.7 Å². The van der Waals surface area contributed by atoms with Gasteiger partial charge in [-0.15, -0.1) is 0 Å². The molecule has 5 heteroatoms. The molecule has 1 aromatic rings. The van der Waals surface area contributed by atoms with E-state index in [0.29, 0.717) is 5.76 Å². The zero-order valence-corrected chi connectivity index (χ0v) is 12.4. The number of carbonyl (C=O) groups excluding carboxylic acids is 2. The average Bonchev–Trinajstić information content (AvgIpc) is 2.71. The zero-order valence-electron chi connectivity index (χ0n) is 11.6. The van der Waals surface area contributed by atoms with Gasteiger partial charge >= 0.3 is 0 Å². The van der Waals surface area contributed by atoms with Crippen LogP contribution in [0.3, 0.4) is 0 Å². The Hall–Kier alpha value is -1.59. The van der Waals surface area contributed by atoms with E-state index in [1.54, 1.807) is 0 Å². The number of aliphatic hydroxyl groups is 1. The normalized spacial score (nSPS) is 21.8. The number of hydrogen-bond acceptors (Lipinski definition) is 5. The van der Waals surface area contributed by atoms with Gasteiger partial charge in [-0.3, -0.25) is 9.59 Å². The fraction of sp³-hybridized carbons (Fsp3) is 0.333. The first-order chi connectivity index (χ1) is 9.38. The van der Waals surface area contributed by atoms with Crippen molar-refractivity contribution in [3.05, 3.63) is 41.2 Å². The second kappa shape index (κ2) is 5.42. The number of rotatable bonds is 3. The molecule has 0 fully saturated rings. The van der Waals surface area contributed by atoms with E-state index >= 15 is 0 Å². The number of benzene rings is 1. The molecule has 20 heavy (non-hydrogen) atoms.